The lowest BCUT2D eigenvalue weighted by molar-refractivity contribution is 0.756. The maximum absolute atomic E-state index is 4.17. The fourth-order valence-corrected chi connectivity index (χ4v) is 2.44. The van der Waals surface area contributed by atoms with Gasteiger partial charge in [0.25, 0.3) is 0 Å². The molecule has 0 amide bonds. The van der Waals surface area contributed by atoms with Gasteiger partial charge >= 0.3 is 0 Å². The second kappa shape index (κ2) is 6.89. The van der Waals surface area contributed by atoms with Crippen LogP contribution >= 0.6 is 0 Å². The van der Waals surface area contributed by atoms with Crippen LogP contribution in [0.5, 0.6) is 0 Å². The Hall–Kier alpha value is -3.25. The van der Waals surface area contributed by atoms with Gasteiger partial charge in [0.05, 0.1) is 11.4 Å². The van der Waals surface area contributed by atoms with Crippen LogP contribution in [0.2, 0.25) is 0 Å². The van der Waals surface area contributed by atoms with Crippen LogP contribution in [0.4, 0.5) is 5.69 Å². The number of nitrogens with one attached hydrogen (secondary N) is 1. The highest BCUT2D eigenvalue weighted by atomic mass is 15.3. The molecule has 3 rings (SSSR count). The lowest BCUT2D eigenvalue weighted by Gasteiger charge is -2.12. The summed E-state index contributed by atoms with van der Waals surface area (Å²) in [7, 11) is 1.90. The van der Waals surface area contributed by atoms with E-state index in [0.29, 0.717) is 0 Å². The first kappa shape index (κ1) is 15.6. The van der Waals surface area contributed by atoms with Gasteiger partial charge in [-0.05, 0) is 48.9 Å². The smallest absolute Gasteiger partial charge is 0.0835 e. The summed E-state index contributed by atoms with van der Waals surface area (Å²) < 4.78 is 1.80. The molecule has 118 valence electrons. The van der Waals surface area contributed by atoms with E-state index in [-0.39, 0.29) is 0 Å². The average molecular weight is 313 g/mol. The van der Waals surface area contributed by atoms with E-state index in [4.69, 9.17) is 0 Å². The van der Waals surface area contributed by atoms with Gasteiger partial charge < -0.3 is 5.32 Å². The first-order valence-corrected chi connectivity index (χ1v) is 7.75. The molecule has 0 radical (unpaired) electrons. The van der Waals surface area contributed by atoms with Crippen LogP contribution in [0.25, 0.3) is 5.70 Å². The molecule has 0 bridgehead atoms. The summed E-state index contributed by atoms with van der Waals surface area (Å²) in [5.41, 5.74) is 5.93. The molecule has 0 spiro atoms. The summed E-state index contributed by atoms with van der Waals surface area (Å²) >= 11 is 0. The van der Waals surface area contributed by atoms with Crippen LogP contribution in [0.15, 0.2) is 67.4 Å². The molecule has 1 aromatic heterocycles. The van der Waals surface area contributed by atoms with Crippen LogP contribution in [0.3, 0.4) is 0 Å². The molecule has 3 nitrogen and oxygen atoms in total. The van der Waals surface area contributed by atoms with Gasteiger partial charge in [-0.15, -0.1) is 0 Å². The molecule has 1 heterocycles. The zero-order valence-electron chi connectivity index (χ0n) is 13.9. The number of benzene rings is 2. The molecule has 0 fully saturated rings. The molecule has 0 aliphatic rings. The average Bonchev–Trinajstić information content (AvgIpc) is 3.02. The molecule has 24 heavy (non-hydrogen) atoms. The molecule has 0 saturated carbocycles. The van der Waals surface area contributed by atoms with E-state index >= 15 is 0 Å². The Labute approximate surface area is 142 Å². The Balaban J connectivity index is 1.77. The molecule has 0 aliphatic heterocycles. The van der Waals surface area contributed by atoms with Crippen molar-refractivity contribution in [1.29, 1.82) is 0 Å². The van der Waals surface area contributed by atoms with Gasteiger partial charge in [0.2, 0.25) is 0 Å². The Kier molecular flexibility index (Phi) is 4.49. The van der Waals surface area contributed by atoms with Crippen molar-refractivity contribution in [3.05, 3.63) is 89.8 Å². The quantitative estimate of drug-likeness (QED) is 0.734. The van der Waals surface area contributed by atoms with Gasteiger partial charge in [-0.25, -0.2) is 0 Å². The van der Waals surface area contributed by atoms with Crippen LogP contribution in [0, 0.1) is 18.8 Å². The number of nitrogens with zero attached hydrogens (tertiary/aromatic N) is 2. The summed E-state index contributed by atoms with van der Waals surface area (Å²) in [6.07, 6.45) is 1.76. The van der Waals surface area contributed by atoms with E-state index in [1.54, 1.807) is 10.9 Å². The third-order valence-electron chi connectivity index (χ3n) is 3.77. The van der Waals surface area contributed by atoms with Crippen LogP contribution in [-0.2, 0) is 7.05 Å². The second-order valence-corrected chi connectivity index (χ2v) is 5.59. The van der Waals surface area contributed by atoms with Crippen LogP contribution in [-0.4, -0.2) is 9.78 Å². The van der Waals surface area contributed by atoms with E-state index in [9.17, 15) is 0 Å². The van der Waals surface area contributed by atoms with Crippen molar-refractivity contribution in [2.24, 2.45) is 7.05 Å². The van der Waals surface area contributed by atoms with Gasteiger partial charge in [-0.2, -0.15) is 5.10 Å². The van der Waals surface area contributed by atoms with Gasteiger partial charge in [0.15, 0.2) is 0 Å². The highest BCUT2D eigenvalue weighted by molar-refractivity contribution is 5.75. The summed E-state index contributed by atoms with van der Waals surface area (Å²) in [4.78, 5) is 0. The molecule has 0 aliphatic carbocycles. The van der Waals surface area contributed by atoms with Crippen LogP contribution < -0.4 is 5.32 Å². The normalized spacial score (nSPS) is 9.92. The fraction of sp³-hybridized carbons (Fsp3) is 0.0952. The van der Waals surface area contributed by atoms with E-state index in [0.717, 1.165) is 33.8 Å². The Morgan fingerprint density at radius 3 is 2.46 bits per heavy atom. The van der Waals surface area contributed by atoms with Crippen molar-refractivity contribution >= 4 is 11.4 Å². The van der Waals surface area contributed by atoms with Gasteiger partial charge in [-0.3, -0.25) is 4.68 Å². The molecule has 3 aromatic rings. The van der Waals surface area contributed by atoms with Crippen molar-refractivity contribution in [2.75, 3.05) is 5.32 Å². The summed E-state index contributed by atoms with van der Waals surface area (Å²) in [6, 6.07) is 18.1. The summed E-state index contributed by atoms with van der Waals surface area (Å²) in [5.74, 6) is 6.38. The highest BCUT2D eigenvalue weighted by Gasteiger charge is 2.06. The van der Waals surface area contributed by atoms with Crippen LogP contribution in [0.1, 0.15) is 22.4 Å². The molecule has 2 aromatic carbocycles. The minimum absolute atomic E-state index is 0.821. The van der Waals surface area contributed by atoms with E-state index in [1.165, 1.54) is 0 Å². The predicted molar refractivity (Wildman–Crippen MR) is 99.5 cm³/mol. The lowest BCUT2D eigenvalue weighted by Crippen LogP contribution is -2.04. The maximum atomic E-state index is 4.17. The number of aryl methyl sites for hydroxylation is 2. The first-order chi connectivity index (χ1) is 11.6. The van der Waals surface area contributed by atoms with E-state index in [1.807, 2.05) is 55.6 Å². The molecular weight excluding hydrogens is 294 g/mol. The standard InChI is InChI=1S/C21H19N3/c1-16-15-19(10-9-18-7-5-4-6-8-18)11-12-20(16)23-17(2)21-13-14-22-24(21)3/h4-8,11-15,23H,2H2,1,3H3. The molecule has 1 N–H and O–H groups in total. The molecular formula is C21H19N3. The van der Waals surface area contributed by atoms with Gasteiger partial charge in [0, 0.05) is 30.1 Å². The summed E-state index contributed by atoms with van der Waals surface area (Å²) in [5, 5.41) is 7.52. The van der Waals surface area contributed by atoms with Gasteiger partial charge in [-0.1, -0.05) is 36.6 Å². The molecule has 0 atom stereocenters. The summed E-state index contributed by atoms with van der Waals surface area (Å²) in [6.45, 7) is 6.15. The Morgan fingerprint density at radius 1 is 1.04 bits per heavy atom. The number of anilines is 1. The minimum Gasteiger partial charge on any atom is -0.354 e. The monoisotopic (exact) mass is 313 g/mol. The predicted octanol–water partition coefficient (Wildman–Crippen LogP) is 4.21. The van der Waals surface area contributed by atoms with Crippen molar-refractivity contribution in [3.8, 4) is 11.8 Å². The zero-order chi connectivity index (χ0) is 16.9. The number of hydrogen-bond donors (Lipinski definition) is 1. The van der Waals surface area contributed by atoms with Crippen molar-refractivity contribution in [1.82, 2.24) is 9.78 Å². The van der Waals surface area contributed by atoms with E-state index < -0.39 is 0 Å². The highest BCUT2D eigenvalue weighted by Crippen LogP contribution is 2.21. The van der Waals surface area contributed by atoms with Crippen molar-refractivity contribution in [2.45, 2.75) is 6.92 Å². The molecule has 0 saturated heterocycles. The molecule has 3 heteroatoms. The van der Waals surface area contributed by atoms with Crippen molar-refractivity contribution in [3.63, 3.8) is 0 Å². The number of hydrogen-bond acceptors (Lipinski definition) is 2. The Morgan fingerprint density at radius 2 is 1.79 bits per heavy atom. The van der Waals surface area contributed by atoms with Gasteiger partial charge in [0.1, 0.15) is 0 Å². The number of rotatable bonds is 3. The third-order valence-corrected chi connectivity index (χ3v) is 3.77. The minimum atomic E-state index is 0.821. The maximum Gasteiger partial charge on any atom is 0.0835 e. The molecule has 0 unspecified atom stereocenters. The second-order valence-electron chi connectivity index (χ2n) is 5.59. The Bertz CT molecular complexity index is 924. The largest absolute Gasteiger partial charge is 0.354 e. The SMILES string of the molecule is C=C(Nc1ccc(C#Cc2ccccc2)cc1C)c1ccnn1C. The lowest BCUT2D eigenvalue weighted by atomic mass is 10.1. The fourth-order valence-electron chi connectivity index (χ4n) is 2.44. The van der Waals surface area contributed by atoms with E-state index in [2.05, 4.69) is 41.8 Å². The number of aromatic nitrogens is 2. The topological polar surface area (TPSA) is 29.9 Å². The first-order valence-electron chi connectivity index (χ1n) is 7.75. The third kappa shape index (κ3) is 3.56. The zero-order valence-corrected chi connectivity index (χ0v) is 13.9. The van der Waals surface area contributed by atoms with Crippen molar-refractivity contribution < 1.29 is 0 Å².